The third kappa shape index (κ3) is 3.78. The normalized spacial score (nSPS) is 11.5. The molecule has 0 fully saturated rings. The van der Waals surface area contributed by atoms with Gasteiger partial charge in [0.05, 0.1) is 28.7 Å². The molecule has 7 heteroatoms. The Kier molecular flexibility index (Phi) is 5.02. The van der Waals surface area contributed by atoms with Gasteiger partial charge in [-0.2, -0.15) is 18.3 Å². The largest absolute Gasteiger partial charge is 0.416 e. The van der Waals surface area contributed by atoms with E-state index in [9.17, 15) is 18.0 Å². The molecule has 1 N–H and O–H groups in total. The number of aryl methyl sites for hydroxylation is 3. The Morgan fingerprint density at radius 2 is 1.68 bits per heavy atom. The van der Waals surface area contributed by atoms with Crippen molar-refractivity contribution in [2.45, 2.75) is 33.9 Å². The van der Waals surface area contributed by atoms with Gasteiger partial charge in [0.25, 0.3) is 5.91 Å². The molecule has 146 valence electrons. The highest BCUT2D eigenvalue weighted by molar-refractivity contribution is 6.05. The van der Waals surface area contributed by atoms with Gasteiger partial charge in [-0.05, 0) is 57.0 Å². The monoisotopic (exact) mass is 387 g/mol. The summed E-state index contributed by atoms with van der Waals surface area (Å²) in [6.45, 7) is 7.45. The first-order chi connectivity index (χ1) is 13.1. The Hall–Kier alpha value is -3.09. The fourth-order valence-electron chi connectivity index (χ4n) is 3.26. The van der Waals surface area contributed by atoms with Gasteiger partial charge in [0.2, 0.25) is 0 Å². The summed E-state index contributed by atoms with van der Waals surface area (Å²) in [6.07, 6.45) is -3.08. The number of halogens is 3. The topological polar surface area (TPSA) is 46.9 Å². The molecule has 4 nitrogen and oxygen atoms in total. The lowest BCUT2D eigenvalue weighted by atomic mass is 10.0. The fourth-order valence-corrected chi connectivity index (χ4v) is 3.26. The van der Waals surface area contributed by atoms with Gasteiger partial charge >= 0.3 is 6.18 Å². The van der Waals surface area contributed by atoms with Crippen molar-refractivity contribution in [2.24, 2.45) is 0 Å². The van der Waals surface area contributed by atoms with Crippen molar-refractivity contribution in [3.05, 3.63) is 76.1 Å². The Morgan fingerprint density at radius 3 is 2.29 bits per heavy atom. The number of alkyl halides is 3. The molecule has 3 aromatic rings. The number of carbonyl (C=O) groups excluding carboxylic acids is 1. The number of hydrogen-bond acceptors (Lipinski definition) is 2. The van der Waals surface area contributed by atoms with Gasteiger partial charge in [-0.25, -0.2) is 4.68 Å². The maximum absolute atomic E-state index is 13.0. The van der Waals surface area contributed by atoms with Crippen molar-refractivity contribution in [3.63, 3.8) is 0 Å². The van der Waals surface area contributed by atoms with E-state index < -0.39 is 11.7 Å². The van der Waals surface area contributed by atoms with Gasteiger partial charge in [0.1, 0.15) is 0 Å². The third-order valence-electron chi connectivity index (χ3n) is 4.59. The second-order valence-corrected chi connectivity index (χ2v) is 6.83. The summed E-state index contributed by atoms with van der Waals surface area (Å²) in [6, 6.07) is 8.79. The number of anilines is 1. The molecule has 28 heavy (non-hydrogen) atoms. The molecule has 0 atom stereocenters. The Balaban J connectivity index is 1.93. The molecule has 0 aliphatic heterocycles. The zero-order chi connectivity index (χ0) is 20.6. The van der Waals surface area contributed by atoms with E-state index in [1.54, 1.807) is 6.92 Å². The first kappa shape index (κ1) is 19.7. The Morgan fingerprint density at radius 1 is 1.04 bits per heavy atom. The van der Waals surface area contributed by atoms with Crippen LogP contribution in [-0.4, -0.2) is 15.7 Å². The van der Waals surface area contributed by atoms with Crippen molar-refractivity contribution >= 4 is 11.6 Å². The molecule has 0 saturated carbocycles. The predicted octanol–water partition coefficient (Wildman–Crippen LogP) is 5.38. The SMILES string of the molecule is Cc1cc(C)c(NC(=O)c2cnn(-c3cccc(C(F)(F)F)c3)c2C)c(C)c1. The minimum absolute atomic E-state index is 0.245. The van der Waals surface area contributed by atoms with Gasteiger partial charge in [0, 0.05) is 5.69 Å². The summed E-state index contributed by atoms with van der Waals surface area (Å²) < 4.78 is 40.2. The van der Waals surface area contributed by atoms with E-state index in [2.05, 4.69) is 10.4 Å². The van der Waals surface area contributed by atoms with Crippen LogP contribution < -0.4 is 5.32 Å². The van der Waals surface area contributed by atoms with Gasteiger partial charge < -0.3 is 5.32 Å². The van der Waals surface area contributed by atoms with E-state index in [0.29, 0.717) is 11.3 Å². The van der Waals surface area contributed by atoms with Gasteiger partial charge in [0.15, 0.2) is 0 Å². The molecular weight excluding hydrogens is 367 g/mol. The molecule has 0 radical (unpaired) electrons. The minimum Gasteiger partial charge on any atom is -0.321 e. The van der Waals surface area contributed by atoms with E-state index in [-0.39, 0.29) is 11.6 Å². The number of amides is 1. The minimum atomic E-state index is -4.45. The van der Waals surface area contributed by atoms with Gasteiger partial charge in [-0.1, -0.05) is 23.8 Å². The van der Waals surface area contributed by atoms with Crippen molar-refractivity contribution in [1.82, 2.24) is 9.78 Å². The van der Waals surface area contributed by atoms with Crippen molar-refractivity contribution in [3.8, 4) is 5.69 Å². The van der Waals surface area contributed by atoms with E-state index in [4.69, 9.17) is 0 Å². The lowest BCUT2D eigenvalue weighted by Crippen LogP contribution is -2.15. The molecule has 0 aliphatic carbocycles. The highest BCUT2D eigenvalue weighted by atomic mass is 19.4. The molecule has 0 spiro atoms. The lowest BCUT2D eigenvalue weighted by Gasteiger charge is -2.13. The standard InChI is InChI=1S/C21H20F3N3O/c1-12-8-13(2)19(14(3)9-12)26-20(28)18-11-25-27(15(18)4)17-7-5-6-16(10-17)21(22,23)24/h5-11H,1-4H3,(H,26,28). The highest BCUT2D eigenvalue weighted by Crippen LogP contribution is 2.30. The molecule has 0 saturated heterocycles. The molecule has 1 heterocycles. The summed E-state index contributed by atoms with van der Waals surface area (Å²) >= 11 is 0. The van der Waals surface area contributed by atoms with E-state index in [0.717, 1.165) is 34.5 Å². The van der Waals surface area contributed by atoms with Crippen LogP contribution in [0.2, 0.25) is 0 Å². The van der Waals surface area contributed by atoms with E-state index in [1.807, 2.05) is 32.9 Å². The Labute approximate surface area is 161 Å². The van der Waals surface area contributed by atoms with E-state index in [1.165, 1.54) is 23.0 Å². The number of aromatic nitrogens is 2. The van der Waals surface area contributed by atoms with Crippen LogP contribution in [0.1, 0.15) is 38.3 Å². The second-order valence-electron chi connectivity index (χ2n) is 6.83. The van der Waals surface area contributed by atoms with Crippen molar-refractivity contribution in [1.29, 1.82) is 0 Å². The van der Waals surface area contributed by atoms with Crippen LogP contribution in [0.4, 0.5) is 18.9 Å². The molecule has 0 aliphatic rings. The molecule has 1 aromatic heterocycles. The van der Waals surface area contributed by atoms with Crippen LogP contribution in [0.5, 0.6) is 0 Å². The number of rotatable bonds is 3. The molecule has 2 aromatic carbocycles. The molecule has 0 bridgehead atoms. The summed E-state index contributed by atoms with van der Waals surface area (Å²) in [5.74, 6) is -0.356. The number of carbonyl (C=O) groups is 1. The number of hydrogen-bond donors (Lipinski definition) is 1. The van der Waals surface area contributed by atoms with Crippen LogP contribution in [0.3, 0.4) is 0 Å². The summed E-state index contributed by atoms with van der Waals surface area (Å²) in [7, 11) is 0. The first-order valence-corrected chi connectivity index (χ1v) is 8.69. The summed E-state index contributed by atoms with van der Waals surface area (Å²) in [4.78, 5) is 12.8. The smallest absolute Gasteiger partial charge is 0.321 e. The number of benzene rings is 2. The molecule has 0 unspecified atom stereocenters. The zero-order valence-corrected chi connectivity index (χ0v) is 16.0. The Bertz CT molecular complexity index is 1030. The summed E-state index contributed by atoms with van der Waals surface area (Å²) in [5, 5.41) is 7.01. The summed E-state index contributed by atoms with van der Waals surface area (Å²) in [5.41, 5.74) is 3.94. The van der Waals surface area contributed by atoms with Crippen LogP contribution in [0, 0.1) is 27.7 Å². The van der Waals surface area contributed by atoms with Crippen LogP contribution in [0.25, 0.3) is 5.69 Å². The average Bonchev–Trinajstić information content (AvgIpc) is 2.99. The molecule has 1 amide bonds. The molecular formula is C21H20F3N3O. The van der Waals surface area contributed by atoms with Crippen LogP contribution in [-0.2, 0) is 6.18 Å². The maximum Gasteiger partial charge on any atom is 0.416 e. The quantitative estimate of drug-likeness (QED) is 0.656. The van der Waals surface area contributed by atoms with Crippen LogP contribution in [0.15, 0.2) is 42.6 Å². The highest BCUT2D eigenvalue weighted by Gasteiger charge is 2.30. The first-order valence-electron chi connectivity index (χ1n) is 8.69. The number of nitrogens with one attached hydrogen (secondary N) is 1. The average molecular weight is 387 g/mol. The second kappa shape index (κ2) is 7.14. The van der Waals surface area contributed by atoms with Crippen LogP contribution >= 0.6 is 0 Å². The van der Waals surface area contributed by atoms with E-state index >= 15 is 0 Å². The fraction of sp³-hybridized carbons (Fsp3) is 0.238. The van der Waals surface area contributed by atoms with Gasteiger partial charge in [-0.3, -0.25) is 4.79 Å². The van der Waals surface area contributed by atoms with Crippen molar-refractivity contribution in [2.75, 3.05) is 5.32 Å². The predicted molar refractivity (Wildman–Crippen MR) is 102 cm³/mol. The number of nitrogens with zero attached hydrogens (tertiary/aromatic N) is 2. The van der Waals surface area contributed by atoms with Gasteiger partial charge in [-0.15, -0.1) is 0 Å². The maximum atomic E-state index is 13.0. The lowest BCUT2D eigenvalue weighted by molar-refractivity contribution is -0.137. The van der Waals surface area contributed by atoms with Crippen molar-refractivity contribution < 1.29 is 18.0 Å². The zero-order valence-electron chi connectivity index (χ0n) is 16.0. The molecule has 3 rings (SSSR count). The third-order valence-corrected chi connectivity index (χ3v) is 4.59.